The molecule has 0 aromatic heterocycles. The summed E-state index contributed by atoms with van der Waals surface area (Å²) < 4.78 is 26.8. The van der Waals surface area contributed by atoms with E-state index in [4.69, 9.17) is 0 Å². The maximum Gasteiger partial charge on any atom is 0.162 e. The van der Waals surface area contributed by atoms with Gasteiger partial charge in [-0.2, -0.15) is 0 Å². The van der Waals surface area contributed by atoms with E-state index in [1.807, 2.05) is 0 Å². The van der Waals surface area contributed by atoms with Crippen molar-refractivity contribution in [3.05, 3.63) is 35.4 Å². The fourth-order valence-electron chi connectivity index (χ4n) is 3.18. The van der Waals surface area contributed by atoms with E-state index in [0.29, 0.717) is 23.9 Å². The van der Waals surface area contributed by atoms with E-state index in [0.717, 1.165) is 13.0 Å². The van der Waals surface area contributed by atoms with E-state index in [2.05, 4.69) is 12.2 Å². The fraction of sp³-hybridized carbons (Fsp3) is 0.625. The van der Waals surface area contributed by atoms with Crippen molar-refractivity contribution >= 4 is 0 Å². The van der Waals surface area contributed by atoms with Crippen LogP contribution >= 0.6 is 0 Å². The maximum atomic E-state index is 13.6. The quantitative estimate of drug-likeness (QED) is 0.819. The highest BCUT2D eigenvalue weighted by atomic mass is 19.2. The first-order valence-electron chi connectivity index (χ1n) is 7.38. The fourth-order valence-corrected chi connectivity index (χ4v) is 3.18. The normalized spacial score (nSPS) is 17.8. The Balaban J connectivity index is 1.96. The number of hydrogen-bond donors (Lipinski definition) is 1. The van der Waals surface area contributed by atoms with Crippen molar-refractivity contribution < 1.29 is 8.78 Å². The Morgan fingerprint density at radius 3 is 2.68 bits per heavy atom. The molecule has 3 heteroatoms. The summed E-state index contributed by atoms with van der Waals surface area (Å²) >= 11 is 0. The number of rotatable bonds is 6. The lowest BCUT2D eigenvalue weighted by Crippen LogP contribution is -2.35. The van der Waals surface area contributed by atoms with Crippen molar-refractivity contribution in [1.82, 2.24) is 5.32 Å². The summed E-state index contributed by atoms with van der Waals surface area (Å²) in [7, 11) is 0. The number of halogens is 2. The largest absolute Gasteiger partial charge is 0.314 e. The van der Waals surface area contributed by atoms with Crippen molar-refractivity contribution in [2.45, 2.75) is 51.5 Å². The van der Waals surface area contributed by atoms with E-state index in [-0.39, 0.29) is 0 Å². The Hall–Kier alpha value is -0.960. The van der Waals surface area contributed by atoms with Crippen molar-refractivity contribution in [1.29, 1.82) is 0 Å². The maximum absolute atomic E-state index is 13.6. The molecule has 1 saturated carbocycles. The smallest absolute Gasteiger partial charge is 0.162 e. The molecule has 1 unspecified atom stereocenters. The van der Waals surface area contributed by atoms with E-state index in [1.54, 1.807) is 12.1 Å². The molecule has 19 heavy (non-hydrogen) atoms. The summed E-state index contributed by atoms with van der Waals surface area (Å²) in [5, 5.41) is 3.51. The molecular weight excluding hydrogens is 244 g/mol. The zero-order valence-electron chi connectivity index (χ0n) is 11.6. The first-order chi connectivity index (χ1) is 9.22. The zero-order chi connectivity index (χ0) is 13.7. The second-order valence-electron chi connectivity index (χ2n) is 5.46. The Morgan fingerprint density at radius 1 is 1.26 bits per heavy atom. The predicted octanol–water partition coefficient (Wildman–Crippen LogP) is 4.07. The SMILES string of the molecule is CCNC(CCc1cccc(F)c1F)C1CCCC1. The molecule has 1 nitrogen and oxygen atoms in total. The monoisotopic (exact) mass is 267 g/mol. The summed E-state index contributed by atoms with van der Waals surface area (Å²) in [6.45, 7) is 3.04. The first-order valence-corrected chi connectivity index (χ1v) is 7.38. The number of benzene rings is 1. The highest BCUT2D eigenvalue weighted by molar-refractivity contribution is 5.19. The standard InChI is InChI=1S/C16H23F2N/c1-2-19-15(12-6-3-4-7-12)11-10-13-8-5-9-14(17)16(13)18/h5,8-9,12,15,19H,2-4,6-7,10-11H2,1H3. The highest BCUT2D eigenvalue weighted by Gasteiger charge is 2.24. The van der Waals surface area contributed by atoms with Gasteiger partial charge in [0.05, 0.1) is 0 Å². The van der Waals surface area contributed by atoms with Crippen LogP contribution in [-0.2, 0) is 6.42 Å². The van der Waals surface area contributed by atoms with E-state index in [9.17, 15) is 8.78 Å². The lowest BCUT2D eigenvalue weighted by atomic mass is 9.92. The molecule has 0 heterocycles. The van der Waals surface area contributed by atoms with E-state index < -0.39 is 11.6 Å². The molecule has 1 aromatic rings. The average Bonchev–Trinajstić information content (AvgIpc) is 2.93. The molecule has 0 bridgehead atoms. The van der Waals surface area contributed by atoms with Crippen molar-refractivity contribution in [2.75, 3.05) is 6.54 Å². The molecule has 2 rings (SSSR count). The molecule has 0 saturated heterocycles. The van der Waals surface area contributed by atoms with Crippen LogP contribution in [0.1, 0.15) is 44.6 Å². The number of hydrogen-bond acceptors (Lipinski definition) is 1. The third-order valence-corrected chi connectivity index (χ3v) is 4.19. The summed E-state index contributed by atoms with van der Waals surface area (Å²) in [6.07, 6.45) is 6.64. The van der Waals surface area contributed by atoms with Gasteiger partial charge in [0.25, 0.3) is 0 Å². The molecule has 0 radical (unpaired) electrons. The van der Waals surface area contributed by atoms with Gasteiger partial charge in [0, 0.05) is 6.04 Å². The van der Waals surface area contributed by atoms with Gasteiger partial charge in [-0.1, -0.05) is 31.9 Å². The first kappa shape index (κ1) is 14.4. The highest BCUT2D eigenvalue weighted by Crippen LogP contribution is 2.29. The molecule has 1 atom stereocenters. The van der Waals surface area contributed by atoms with Crippen LogP contribution in [0.2, 0.25) is 0 Å². The van der Waals surface area contributed by atoms with Crippen molar-refractivity contribution in [2.24, 2.45) is 5.92 Å². The summed E-state index contributed by atoms with van der Waals surface area (Å²) in [5.41, 5.74) is 0.501. The minimum atomic E-state index is -0.738. The van der Waals surface area contributed by atoms with Crippen LogP contribution < -0.4 is 5.32 Å². The minimum absolute atomic E-state index is 0.440. The summed E-state index contributed by atoms with van der Waals surface area (Å²) in [5.74, 6) is -0.709. The topological polar surface area (TPSA) is 12.0 Å². The second-order valence-corrected chi connectivity index (χ2v) is 5.46. The molecule has 1 fully saturated rings. The van der Waals surface area contributed by atoms with Gasteiger partial charge < -0.3 is 5.32 Å². The summed E-state index contributed by atoms with van der Waals surface area (Å²) in [4.78, 5) is 0. The average molecular weight is 267 g/mol. The molecule has 0 spiro atoms. The third-order valence-electron chi connectivity index (χ3n) is 4.19. The van der Waals surface area contributed by atoms with Crippen LogP contribution in [0.4, 0.5) is 8.78 Å². The number of aryl methyl sites for hydroxylation is 1. The molecule has 1 aliphatic carbocycles. The van der Waals surface area contributed by atoms with Gasteiger partial charge in [-0.15, -0.1) is 0 Å². The minimum Gasteiger partial charge on any atom is -0.314 e. The van der Waals surface area contributed by atoms with E-state index >= 15 is 0 Å². The van der Waals surface area contributed by atoms with Crippen molar-refractivity contribution in [3.8, 4) is 0 Å². The second kappa shape index (κ2) is 6.99. The molecule has 0 amide bonds. The zero-order valence-corrected chi connectivity index (χ0v) is 11.6. The van der Waals surface area contributed by atoms with Gasteiger partial charge in [-0.25, -0.2) is 8.78 Å². The summed E-state index contributed by atoms with van der Waals surface area (Å²) in [6, 6.07) is 4.90. The van der Waals surface area contributed by atoms with Crippen molar-refractivity contribution in [3.63, 3.8) is 0 Å². The Kier molecular flexibility index (Phi) is 5.32. The van der Waals surface area contributed by atoms with Crippen LogP contribution in [0.5, 0.6) is 0 Å². The van der Waals surface area contributed by atoms with E-state index in [1.165, 1.54) is 31.7 Å². The Bertz CT molecular complexity index is 400. The predicted molar refractivity (Wildman–Crippen MR) is 74.1 cm³/mol. The van der Waals surface area contributed by atoms with Crippen LogP contribution in [0.3, 0.4) is 0 Å². The Labute approximate surface area is 114 Å². The van der Waals surface area contributed by atoms with Gasteiger partial charge in [0.1, 0.15) is 0 Å². The van der Waals surface area contributed by atoms with Gasteiger partial charge in [-0.05, 0) is 49.8 Å². The van der Waals surface area contributed by atoms with Crippen LogP contribution in [0, 0.1) is 17.6 Å². The van der Waals surface area contributed by atoms with Crippen LogP contribution in [0.25, 0.3) is 0 Å². The molecule has 1 aliphatic rings. The molecule has 1 aromatic carbocycles. The lowest BCUT2D eigenvalue weighted by molar-refractivity contribution is 0.344. The van der Waals surface area contributed by atoms with Gasteiger partial charge in [0.2, 0.25) is 0 Å². The molecule has 106 valence electrons. The number of nitrogens with one attached hydrogen (secondary N) is 1. The lowest BCUT2D eigenvalue weighted by Gasteiger charge is -2.24. The van der Waals surface area contributed by atoms with Gasteiger partial charge in [-0.3, -0.25) is 0 Å². The molecule has 1 N–H and O–H groups in total. The third kappa shape index (κ3) is 3.75. The van der Waals surface area contributed by atoms with Crippen LogP contribution in [0.15, 0.2) is 18.2 Å². The Morgan fingerprint density at radius 2 is 2.00 bits per heavy atom. The van der Waals surface area contributed by atoms with Gasteiger partial charge >= 0.3 is 0 Å². The molecule has 0 aliphatic heterocycles. The molecular formula is C16H23F2N. The van der Waals surface area contributed by atoms with Gasteiger partial charge in [0.15, 0.2) is 11.6 Å². The van der Waals surface area contributed by atoms with Crippen LogP contribution in [-0.4, -0.2) is 12.6 Å².